The van der Waals surface area contributed by atoms with Crippen LogP contribution in [0.25, 0.3) is 0 Å². The highest BCUT2D eigenvalue weighted by molar-refractivity contribution is 6.30. The van der Waals surface area contributed by atoms with E-state index in [9.17, 15) is 9.59 Å². The summed E-state index contributed by atoms with van der Waals surface area (Å²) in [5, 5.41) is 9.57. The zero-order valence-electron chi connectivity index (χ0n) is 12.3. The molecule has 0 spiro atoms. The average molecular weight is 322 g/mol. The Bertz CT molecular complexity index is 708. The van der Waals surface area contributed by atoms with Gasteiger partial charge in [-0.15, -0.1) is 0 Å². The fraction of sp³-hybridized carbons (Fsp3) is 0.250. The Morgan fingerprint density at radius 1 is 1.32 bits per heavy atom. The van der Waals surface area contributed by atoms with Crippen molar-refractivity contribution in [3.63, 3.8) is 0 Å². The summed E-state index contributed by atoms with van der Waals surface area (Å²) in [4.78, 5) is 24.6. The number of halogens is 1. The van der Waals surface area contributed by atoms with Crippen LogP contribution in [-0.4, -0.2) is 28.9 Å². The number of rotatable bonds is 5. The van der Waals surface area contributed by atoms with Crippen LogP contribution in [0.4, 0.5) is 0 Å². The molecule has 5 nitrogen and oxygen atoms in total. The molecule has 1 aromatic heterocycles. The molecule has 1 amide bonds. The zero-order chi connectivity index (χ0) is 16.3. The molecule has 0 saturated carbocycles. The molecule has 1 heterocycles. The van der Waals surface area contributed by atoms with Gasteiger partial charge in [0.15, 0.2) is 0 Å². The molecule has 0 bridgehead atoms. The van der Waals surface area contributed by atoms with E-state index in [0.29, 0.717) is 16.5 Å². The van der Waals surface area contributed by atoms with Gasteiger partial charge in [-0.05, 0) is 30.7 Å². The summed E-state index contributed by atoms with van der Waals surface area (Å²) in [6.45, 7) is 1.80. The molecule has 0 aliphatic rings. The number of carboxylic acids is 1. The lowest BCUT2D eigenvalue weighted by molar-refractivity contribution is -0.129. The van der Waals surface area contributed by atoms with E-state index in [0.717, 1.165) is 5.56 Å². The Labute approximate surface area is 133 Å². The minimum Gasteiger partial charge on any atom is -0.478 e. The molecule has 0 radical (unpaired) electrons. The van der Waals surface area contributed by atoms with Crippen LogP contribution in [0.3, 0.4) is 0 Å². The maximum Gasteiger partial charge on any atom is 0.339 e. The van der Waals surface area contributed by atoms with E-state index in [1.807, 2.05) is 6.07 Å². The maximum atomic E-state index is 12.2. The summed E-state index contributed by atoms with van der Waals surface area (Å²) >= 11 is 5.89. The number of hydrogen-bond donors (Lipinski definition) is 1. The smallest absolute Gasteiger partial charge is 0.339 e. The highest BCUT2D eigenvalue weighted by Gasteiger charge is 2.17. The van der Waals surface area contributed by atoms with E-state index < -0.39 is 5.97 Å². The van der Waals surface area contributed by atoms with Crippen LogP contribution in [0.15, 0.2) is 34.7 Å². The second-order valence-electron chi connectivity index (χ2n) is 5.04. The number of aromatic carboxylic acids is 1. The van der Waals surface area contributed by atoms with E-state index >= 15 is 0 Å². The molecule has 0 aliphatic carbocycles. The van der Waals surface area contributed by atoms with Gasteiger partial charge in [-0.2, -0.15) is 0 Å². The minimum atomic E-state index is -1.04. The highest BCUT2D eigenvalue weighted by Crippen LogP contribution is 2.17. The van der Waals surface area contributed by atoms with E-state index in [1.54, 1.807) is 32.2 Å². The van der Waals surface area contributed by atoms with Crippen molar-refractivity contribution in [3.05, 3.63) is 58.0 Å². The van der Waals surface area contributed by atoms with Crippen molar-refractivity contribution in [2.75, 3.05) is 7.05 Å². The molecule has 0 fully saturated rings. The molecule has 1 N–H and O–H groups in total. The molecule has 0 aliphatic heterocycles. The first-order valence-corrected chi connectivity index (χ1v) is 7.05. The number of carbonyl (C=O) groups is 2. The van der Waals surface area contributed by atoms with Gasteiger partial charge in [0.05, 0.1) is 13.0 Å². The number of nitrogens with zero attached hydrogens (tertiary/aromatic N) is 1. The number of aryl methyl sites for hydroxylation is 1. The lowest BCUT2D eigenvalue weighted by Crippen LogP contribution is -2.27. The number of amides is 1. The van der Waals surface area contributed by atoms with Crippen molar-refractivity contribution in [1.29, 1.82) is 0 Å². The maximum absolute atomic E-state index is 12.2. The van der Waals surface area contributed by atoms with Gasteiger partial charge < -0.3 is 14.4 Å². The molecule has 2 rings (SSSR count). The zero-order valence-corrected chi connectivity index (χ0v) is 13.1. The normalized spacial score (nSPS) is 10.5. The lowest BCUT2D eigenvalue weighted by atomic mass is 10.1. The fourth-order valence-corrected chi connectivity index (χ4v) is 2.33. The van der Waals surface area contributed by atoms with Crippen LogP contribution in [0.5, 0.6) is 0 Å². The molecular weight excluding hydrogens is 306 g/mol. The van der Waals surface area contributed by atoms with Crippen molar-refractivity contribution in [1.82, 2.24) is 4.90 Å². The monoisotopic (exact) mass is 321 g/mol. The number of furan rings is 1. The van der Waals surface area contributed by atoms with Crippen LogP contribution in [-0.2, 0) is 17.8 Å². The predicted molar refractivity (Wildman–Crippen MR) is 82.0 cm³/mol. The van der Waals surface area contributed by atoms with E-state index in [4.69, 9.17) is 21.1 Å². The highest BCUT2D eigenvalue weighted by atomic mass is 35.5. The number of hydrogen-bond acceptors (Lipinski definition) is 3. The lowest BCUT2D eigenvalue weighted by Gasteiger charge is -2.15. The largest absolute Gasteiger partial charge is 0.478 e. The summed E-state index contributed by atoms with van der Waals surface area (Å²) in [6, 6.07) is 8.56. The van der Waals surface area contributed by atoms with Gasteiger partial charge in [-0.1, -0.05) is 23.7 Å². The van der Waals surface area contributed by atoms with Gasteiger partial charge >= 0.3 is 5.97 Å². The molecule has 22 heavy (non-hydrogen) atoms. The Balaban J connectivity index is 2.02. The third kappa shape index (κ3) is 3.89. The third-order valence-electron chi connectivity index (χ3n) is 3.26. The molecule has 6 heteroatoms. The van der Waals surface area contributed by atoms with Crippen molar-refractivity contribution in [2.45, 2.75) is 19.9 Å². The van der Waals surface area contributed by atoms with Crippen LogP contribution in [0.2, 0.25) is 5.02 Å². The van der Waals surface area contributed by atoms with Gasteiger partial charge in [-0.25, -0.2) is 4.79 Å². The SMILES string of the molecule is Cc1oc(CN(C)C(=O)Cc2cccc(Cl)c2)cc1C(=O)O. The van der Waals surface area contributed by atoms with Crippen molar-refractivity contribution in [2.24, 2.45) is 0 Å². The van der Waals surface area contributed by atoms with E-state index in [-0.39, 0.29) is 24.4 Å². The number of carbonyl (C=O) groups excluding carboxylic acids is 1. The topological polar surface area (TPSA) is 70.8 Å². The summed E-state index contributed by atoms with van der Waals surface area (Å²) in [6.07, 6.45) is 0.225. The second kappa shape index (κ2) is 6.66. The van der Waals surface area contributed by atoms with Gasteiger partial charge in [-0.3, -0.25) is 4.79 Å². The number of carboxylic acid groups (broad SMARTS) is 1. The Morgan fingerprint density at radius 3 is 2.64 bits per heavy atom. The minimum absolute atomic E-state index is 0.104. The molecule has 1 aromatic carbocycles. The van der Waals surface area contributed by atoms with Crippen LogP contribution < -0.4 is 0 Å². The van der Waals surface area contributed by atoms with Gasteiger partial charge in [0.2, 0.25) is 5.91 Å². The van der Waals surface area contributed by atoms with E-state index in [2.05, 4.69) is 0 Å². The van der Waals surface area contributed by atoms with Crippen LogP contribution in [0, 0.1) is 6.92 Å². The quantitative estimate of drug-likeness (QED) is 0.918. The number of benzene rings is 1. The first-order chi connectivity index (χ1) is 10.4. The Hall–Kier alpha value is -2.27. The number of likely N-dealkylation sites (N-methyl/N-ethyl adjacent to an activating group) is 1. The van der Waals surface area contributed by atoms with E-state index in [1.165, 1.54) is 11.0 Å². The molecule has 0 saturated heterocycles. The van der Waals surface area contributed by atoms with Crippen LogP contribution >= 0.6 is 11.6 Å². The van der Waals surface area contributed by atoms with Gasteiger partial charge in [0, 0.05) is 12.1 Å². The van der Waals surface area contributed by atoms with Crippen LogP contribution in [0.1, 0.15) is 27.4 Å². The van der Waals surface area contributed by atoms with Gasteiger partial charge in [0.1, 0.15) is 17.1 Å². The van der Waals surface area contributed by atoms with Crippen molar-refractivity contribution >= 4 is 23.5 Å². The molecule has 116 valence electrons. The Morgan fingerprint density at radius 2 is 2.05 bits per heavy atom. The van der Waals surface area contributed by atoms with Crippen molar-refractivity contribution < 1.29 is 19.1 Å². The molecular formula is C16H16ClNO4. The predicted octanol–water partition coefficient (Wildman–Crippen LogP) is 3.14. The summed E-state index contributed by atoms with van der Waals surface area (Å²) in [7, 11) is 1.64. The van der Waals surface area contributed by atoms with Crippen molar-refractivity contribution in [3.8, 4) is 0 Å². The average Bonchev–Trinajstić information content (AvgIpc) is 2.79. The first kappa shape index (κ1) is 16.1. The Kier molecular flexibility index (Phi) is 4.88. The molecule has 0 unspecified atom stereocenters. The fourth-order valence-electron chi connectivity index (χ4n) is 2.11. The van der Waals surface area contributed by atoms with Gasteiger partial charge in [0.25, 0.3) is 0 Å². The second-order valence-corrected chi connectivity index (χ2v) is 5.48. The third-order valence-corrected chi connectivity index (χ3v) is 3.50. The summed E-state index contributed by atoms with van der Waals surface area (Å²) in [5.74, 6) is -0.372. The molecule has 2 aromatic rings. The summed E-state index contributed by atoms with van der Waals surface area (Å²) in [5.41, 5.74) is 0.942. The first-order valence-electron chi connectivity index (χ1n) is 6.68. The molecule has 0 atom stereocenters. The standard InChI is InChI=1S/C16H16ClNO4/c1-10-14(16(20)21)8-13(22-10)9-18(2)15(19)7-11-4-3-5-12(17)6-11/h3-6,8H,7,9H2,1-2H3,(H,20,21). The summed E-state index contributed by atoms with van der Waals surface area (Å²) < 4.78 is 5.37.